The van der Waals surface area contributed by atoms with E-state index in [0.717, 1.165) is 24.6 Å². The lowest BCUT2D eigenvalue weighted by molar-refractivity contribution is 0.142. The molecule has 0 spiro atoms. The number of rotatable bonds is 5. The molecule has 1 aliphatic carbocycles. The van der Waals surface area contributed by atoms with Crippen LogP contribution in [0.15, 0.2) is 24.3 Å². The summed E-state index contributed by atoms with van der Waals surface area (Å²) in [5.74, 6) is 0.726. The second kappa shape index (κ2) is 5.96. The minimum Gasteiger partial charge on any atom is -0.393 e. The number of aliphatic hydroxyl groups excluding tert-OH is 1. The molecule has 0 radical (unpaired) electrons. The lowest BCUT2D eigenvalue weighted by Gasteiger charge is -2.14. The second-order valence-corrected chi connectivity index (χ2v) is 6.02. The maximum Gasteiger partial charge on any atom is 0.0729 e. The fraction of sp³-hybridized carbons (Fsp3) is 0.588. The first kappa shape index (κ1) is 13.6. The molecule has 20 heavy (non-hydrogen) atoms. The highest BCUT2D eigenvalue weighted by molar-refractivity contribution is 5.81. The molecule has 0 bridgehead atoms. The molecule has 0 amide bonds. The molecule has 1 fully saturated rings. The monoisotopic (exact) mass is 272 g/mol. The van der Waals surface area contributed by atoms with Crippen LogP contribution in [0.3, 0.4) is 0 Å². The smallest absolute Gasteiger partial charge is 0.0729 e. The molecule has 0 saturated heterocycles. The molecule has 0 aliphatic heterocycles. The van der Waals surface area contributed by atoms with Gasteiger partial charge in [-0.05, 0) is 25.3 Å². The van der Waals surface area contributed by atoms with Crippen molar-refractivity contribution in [1.82, 2.24) is 9.78 Å². The number of para-hydroxylation sites is 1. The summed E-state index contributed by atoms with van der Waals surface area (Å²) in [5.41, 5.74) is 2.23. The van der Waals surface area contributed by atoms with Crippen LogP contribution in [0.4, 0.5) is 0 Å². The van der Waals surface area contributed by atoms with Gasteiger partial charge in [0.05, 0.1) is 17.3 Å². The van der Waals surface area contributed by atoms with Gasteiger partial charge in [0, 0.05) is 18.4 Å². The van der Waals surface area contributed by atoms with Crippen LogP contribution in [0.5, 0.6) is 0 Å². The maximum absolute atomic E-state index is 10.4. The molecule has 1 N–H and O–H groups in total. The summed E-state index contributed by atoms with van der Waals surface area (Å²) in [6.45, 7) is 2.98. The quantitative estimate of drug-likeness (QED) is 0.904. The van der Waals surface area contributed by atoms with Crippen molar-refractivity contribution in [3.63, 3.8) is 0 Å². The number of aromatic nitrogens is 2. The predicted molar refractivity (Wildman–Crippen MR) is 81.7 cm³/mol. The number of hydrogen-bond acceptors (Lipinski definition) is 2. The van der Waals surface area contributed by atoms with Crippen LogP contribution in [-0.2, 0) is 13.0 Å². The van der Waals surface area contributed by atoms with Crippen LogP contribution in [0, 0.1) is 5.92 Å². The normalized spacial score (nSPS) is 17.9. The summed E-state index contributed by atoms with van der Waals surface area (Å²) in [7, 11) is 0. The Balaban J connectivity index is 1.76. The molecule has 1 aromatic heterocycles. The lowest BCUT2D eigenvalue weighted by atomic mass is 9.97. The van der Waals surface area contributed by atoms with Crippen LogP contribution >= 0.6 is 0 Å². The first-order chi connectivity index (χ1) is 9.78. The number of nitrogens with zero attached hydrogens (tertiary/aromatic N) is 2. The highest BCUT2D eigenvalue weighted by atomic mass is 16.3. The van der Waals surface area contributed by atoms with E-state index in [1.165, 1.54) is 36.6 Å². The first-order valence-corrected chi connectivity index (χ1v) is 7.90. The van der Waals surface area contributed by atoms with Gasteiger partial charge in [0.25, 0.3) is 0 Å². The Morgan fingerprint density at radius 1 is 1.30 bits per heavy atom. The van der Waals surface area contributed by atoms with Gasteiger partial charge < -0.3 is 5.11 Å². The van der Waals surface area contributed by atoms with Crippen LogP contribution in [-0.4, -0.2) is 21.0 Å². The van der Waals surface area contributed by atoms with Gasteiger partial charge >= 0.3 is 0 Å². The van der Waals surface area contributed by atoms with Crippen molar-refractivity contribution >= 4 is 10.9 Å². The third-order valence-corrected chi connectivity index (χ3v) is 4.54. The molecule has 3 heteroatoms. The molecule has 1 aliphatic rings. The molecule has 3 rings (SSSR count). The minimum atomic E-state index is -0.248. The van der Waals surface area contributed by atoms with E-state index in [9.17, 15) is 5.11 Å². The summed E-state index contributed by atoms with van der Waals surface area (Å²) in [6.07, 6.45) is 6.64. The highest BCUT2D eigenvalue weighted by Gasteiger charge is 2.20. The van der Waals surface area contributed by atoms with Crippen molar-refractivity contribution in [2.75, 3.05) is 0 Å². The van der Waals surface area contributed by atoms with Crippen molar-refractivity contribution in [2.45, 2.75) is 58.1 Å². The predicted octanol–water partition coefficient (Wildman–Crippen LogP) is 3.54. The fourth-order valence-corrected chi connectivity index (χ4v) is 3.53. The number of benzene rings is 1. The third-order valence-electron chi connectivity index (χ3n) is 4.54. The summed E-state index contributed by atoms with van der Waals surface area (Å²) in [4.78, 5) is 0. The number of aliphatic hydroxyl groups is 1. The van der Waals surface area contributed by atoms with Gasteiger partial charge in [0.1, 0.15) is 0 Å². The zero-order chi connectivity index (χ0) is 13.9. The molecular weight excluding hydrogens is 248 g/mol. The highest BCUT2D eigenvalue weighted by Crippen LogP contribution is 2.29. The molecule has 1 heterocycles. The zero-order valence-corrected chi connectivity index (χ0v) is 12.3. The molecule has 1 atom stereocenters. The standard InChI is InChI=1S/C17H24N2O/c1-2-19-17-10-6-5-9-15(17)16(18-19)12-14(20)11-13-7-3-4-8-13/h5-6,9-10,13-14,20H,2-4,7-8,11-12H2,1H3. The van der Waals surface area contributed by atoms with Crippen molar-refractivity contribution < 1.29 is 5.11 Å². The van der Waals surface area contributed by atoms with E-state index in [-0.39, 0.29) is 6.10 Å². The van der Waals surface area contributed by atoms with Crippen LogP contribution < -0.4 is 0 Å². The molecule has 3 nitrogen and oxygen atoms in total. The molecule has 1 unspecified atom stereocenters. The molecule has 1 aromatic carbocycles. The van der Waals surface area contributed by atoms with Gasteiger partial charge in [-0.2, -0.15) is 5.10 Å². The van der Waals surface area contributed by atoms with Gasteiger partial charge in [-0.25, -0.2) is 0 Å². The maximum atomic E-state index is 10.4. The average molecular weight is 272 g/mol. The van der Waals surface area contributed by atoms with Gasteiger partial charge in [-0.3, -0.25) is 4.68 Å². The van der Waals surface area contributed by atoms with E-state index in [4.69, 9.17) is 0 Å². The van der Waals surface area contributed by atoms with Crippen molar-refractivity contribution in [2.24, 2.45) is 5.92 Å². The van der Waals surface area contributed by atoms with Crippen molar-refractivity contribution in [1.29, 1.82) is 0 Å². The van der Waals surface area contributed by atoms with Crippen LogP contribution in [0.25, 0.3) is 10.9 Å². The van der Waals surface area contributed by atoms with Gasteiger partial charge in [0.15, 0.2) is 0 Å². The van der Waals surface area contributed by atoms with E-state index >= 15 is 0 Å². The zero-order valence-electron chi connectivity index (χ0n) is 12.3. The molecule has 2 aromatic rings. The second-order valence-electron chi connectivity index (χ2n) is 6.02. The molecular formula is C17H24N2O. The minimum absolute atomic E-state index is 0.248. The van der Waals surface area contributed by atoms with Crippen LogP contribution in [0.2, 0.25) is 0 Å². The number of fused-ring (bicyclic) bond motifs is 1. The number of hydrogen-bond donors (Lipinski definition) is 1. The van der Waals surface area contributed by atoms with E-state index < -0.39 is 0 Å². The summed E-state index contributed by atoms with van der Waals surface area (Å²) in [5, 5.41) is 16.2. The Morgan fingerprint density at radius 2 is 2.05 bits per heavy atom. The van der Waals surface area contributed by atoms with Gasteiger partial charge in [0.2, 0.25) is 0 Å². The Hall–Kier alpha value is -1.35. The van der Waals surface area contributed by atoms with Crippen molar-refractivity contribution in [3.8, 4) is 0 Å². The molecule has 1 saturated carbocycles. The molecule has 108 valence electrons. The van der Waals surface area contributed by atoms with Gasteiger partial charge in [-0.1, -0.05) is 43.9 Å². The lowest BCUT2D eigenvalue weighted by Crippen LogP contribution is -2.15. The topological polar surface area (TPSA) is 38.0 Å². The Morgan fingerprint density at radius 3 is 2.80 bits per heavy atom. The van der Waals surface area contributed by atoms with Crippen LogP contribution in [0.1, 0.15) is 44.7 Å². The Labute approximate surface area is 120 Å². The van der Waals surface area contributed by atoms with E-state index in [1.807, 2.05) is 4.68 Å². The SMILES string of the molecule is CCn1nc(CC(O)CC2CCCC2)c2ccccc21. The average Bonchev–Trinajstić information content (AvgIpc) is 3.07. The van der Waals surface area contributed by atoms with E-state index in [0.29, 0.717) is 6.42 Å². The van der Waals surface area contributed by atoms with E-state index in [1.54, 1.807) is 0 Å². The van der Waals surface area contributed by atoms with E-state index in [2.05, 4.69) is 36.3 Å². The van der Waals surface area contributed by atoms with Gasteiger partial charge in [-0.15, -0.1) is 0 Å². The Kier molecular flexibility index (Phi) is 4.06. The first-order valence-electron chi connectivity index (χ1n) is 7.90. The fourth-order valence-electron chi connectivity index (χ4n) is 3.53. The summed E-state index contributed by atoms with van der Waals surface area (Å²) >= 11 is 0. The summed E-state index contributed by atoms with van der Waals surface area (Å²) < 4.78 is 2.03. The third kappa shape index (κ3) is 2.73. The largest absolute Gasteiger partial charge is 0.393 e. The summed E-state index contributed by atoms with van der Waals surface area (Å²) in [6, 6.07) is 8.33. The Bertz CT molecular complexity index is 569. The van der Waals surface area contributed by atoms with Crippen molar-refractivity contribution in [3.05, 3.63) is 30.0 Å². The number of aryl methyl sites for hydroxylation is 1.